The number of fused-ring (bicyclic) bond motifs is 1. The molecule has 2 aromatic rings. The van der Waals surface area contributed by atoms with Crippen molar-refractivity contribution in [1.29, 1.82) is 0 Å². The van der Waals surface area contributed by atoms with Crippen molar-refractivity contribution in [2.45, 2.75) is 38.3 Å². The third kappa shape index (κ3) is 4.67. The van der Waals surface area contributed by atoms with Crippen LogP contribution in [-0.2, 0) is 10.2 Å². The zero-order valence-corrected chi connectivity index (χ0v) is 18.2. The Morgan fingerprint density at radius 1 is 1.37 bits per heavy atom. The number of rotatable bonds is 5. The van der Waals surface area contributed by atoms with Gasteiger partial charge in [0.25, 0.3) is 0 Å². The molecule has 0 fully saturated rings. The second-order valence-electron chi connectivity index (χ2n) is 7.14. The molecule has 3 rings (SSSR count). The number of benzene rings is 1. The molecule has 0 atom stereocenters. The van der Waals surface area contributed by atoms with Crippen molar-refractivity contribution in [2.75, 3.05) is 16.5 Å². The number of carbonyl (C=O) groups is 1. The van der Waals surface area contributed by atoms with Gasteiger partial charge in [0.05, 0.1) is 16.7 Å². The quantitative estimate of drug-likeness (QED) is 0.397. The smallest absolute Gasteiger partial charge is 0.383 e. The molecule has 1 aliphatic heterocycles. The van der Waals surface area contributed by atoms with Gasteiger partial charge >= 0.3 is 6.18 Å². The highest BCUT2D eigenvalue weighted by Crippen LogP contribution is 2.39. The minimum atomic E-state index is -4.36. The van der Waals surface area contributed by atoms with Crippen molar-refractivity contribution < 1.29 is 18.0 Å². The summed E-state index contributed by atoms with van der Waals surface area (Å²) in [7, 11) is 0. The zero-order chi connectivity index (χ0) is 22.3. The SMILES string of the molecule is CC1(C)C(=O)Nc2nc(N/N=C(\CCC(F)(F)F)c3cc(Cl)ccc3Br)nc(N)c21. The van der Waals surface area contributed by atoms with Crippen LogP contribution in [0.2, 0.25) is 5.02 Å². The normalized spacial score (nSPS) is 15.7. The lowest BCUT2D eigenvalue weighted by Gasteiger charge is -2.16. The fourth-order valence-electron chi connectivity index (χ4n) is 2.96. The van der Waals surface area contributed by atoms with Gasteiger partial charge in [-0.3, -0.25) is 4.79 Å². The number of amides is 1. The number of hydrazone groups is 1. The Balaban J connectivity index is 1.95. The molecule has 7 nitrogen and oxygen atoms in total. The third-order valence-electron chi connectivity index (χ3n) is 4.54. The lowest BCUT2D eigenvalue weighted by Crippen LogP contribution is -2.27. The molecular weight excluding hydrogens is 489 g/mol. The summed E-state index contributed by atoms with van der Waals surface area (Å²) in [5.74, 6) is -0.0439. The molecule has 4 N–H and O–H groups in total. The molecule has 0 saturated heterocycles. The number of aromatic nitrogens is 2. The van der Waals surface area contributed by atoms with E-state index in [1.807, 2.05) is 0 Å². The minimum Gasteiger partial charge on any atom is -0.383 e. The van der Waals surface area contributed by atoms with E-state index in [9.17, 15) is 18.0 Å². The number of nitrogens with two attached hydrogens (primary N) is 1. The van der Waals surface area contributed by atoms with Crippen molar-refractivity contribution in [3.05, 3.63) is 38.8 Å². The van der Waals surface area contributed by atoms with E-state index >= 15 is 0 Å². The van der Waals surface area contributed by atoms with E-state index in [0.29, 0.717) is 20.6 Å². The first-order valence-electron chi connectivity index (χ1n) is 8.72. The van der Waals surface area contributed by atoms with Crippen LogP contribution in [0, 0.1) is 0 Å². The maximum absolute atomic E-state index is 12.8. The summed E-state index contributed by atoms with van der Waals surface area (Å²) in [6.45, 7) is 3.37. The molecule has 1 aliphatic rings. The number of halogens is 5. The fourth-order valence-corrected chi connectivity index (χ4v) is 3.61. The van der Waals surface area contributed by atoms with Crippen LogP contribution in [-0.4, -0.2) is 27.8 Å². The number of hydrogen-bond acceptors (Lipinski definition) is 6. The summed E-state index contributed by atoms with van der Waals surface area (Å²) in [5.41, 5.74) is 8.56. The average molecular weight is 506 g/mol. The zero-order valence-electron chi connectivity index (χ0n) is 15.9. The second kappa shape index (κ2) is 8.03. The molecule has 1 amide bonds. The van der Waals surface area contributed by atoms with Gasteiger partial charge in [-0.05, 0) is 32.0 Å². The largest absolute Gasteiger partial charge is 0.389 e. The summed E-state index contributed by atoms with van der Waals surface area (Å²) in [4.78, 5) is 20.4. The van der Waals surface area contributed by atoms with E-state index in [2.05, 4.69) is 41.7 Å². The molecule has 12 heteroatoms. The molecule has 0 radical (unpaired) electrons. The van der Waals surface area contributed by atoms with E-state index in [-0.39, 0.29) is 29.2 Å². The highest BCUT2D eigenvalue weighted by Gasteiger charge is 2.42. The summed E-state index contributed by atoms with van der Waals surface area (Å²) >= 11 is 9.30. The van der Waals surface area contributed by atoms with E-state index in [1.54, 1.807) is 26.0 Å². The maximum atomic E-state index is 12.8. The summed E-state index contributed by atoms with van der Waals surface area (Å²) in [6.07, 6.45) is -5.85. The van der Waals surface area contributed by atoms with E-state index < -0.39 is 24.4 Å². The third-order valence-corrected chi connectivity index (χ3v) is 5.46. The maximum Gasteiger partial charge on any atom is 0.389 e. The van der Waals surface area contributed by atoms with E-state index in [4.69, 9.17) is 17.3 Å². The van der Waals surface area contributed by atoms with Gasteiger partial charge in [-0.15, -0.1) is 0 Å². The molecule has 0 aliphatic carbocycles. The predicted octanol–water partition coefficient (Wildman–Crippen LogP) is 4.86. The number of alkyl halides is 3. The Morgan fingerprint density at radius 3 is 2.73 bits per heavy atom. The van der Waals surface area contributed by atoms with Crippen LogP contribution < -0.4 is 16.5 Å². The van der Waals surface area contributed by atoms with Gasteiger partial charge in [-0.25, -0.2) is 5.43 Å². The molecule has 1 aromatic carbocycles. The lowest BCUT2D eigenvalue weighted by molar-refractivity contribution is -0.132. The molecule has 0 bridgehead atoms. The highest BCUT2D eigenvalue weighted by atomic mass is 79.9. The van der Waals surface area contributed by atoms with Crippen LogP contribution in [0.3, 0.4) is 0 Å². The fraction of sp³-hybridized carbons (Fsp3) is 0.333. The Hall–Kier alpha value is -2.40. The van der Waals surface area contributed by atoms with Gasteiger partial charge in [0.1, 0.15) is 11.6 Å². The van der Waals surface area contributed by atoms with Crippen LogP contribution in [0.25, 0.3) is 0 Å². The van der Waals surface area contributed by atoms with Gasteiger partial charge < -0.3 is 11.1 Å². The van der Waals surface area contributed by atoms with Crippen molar-refractivity contribution in [2.24, 2.45) is 5.10 Å². The van der Waals surface area contributed by atoms with Crippen molar-refractivity contribution in [3.8, 4) is 0 Å². The Kier molecular flexibility index (Phi) is 5.96. The molecule has 1 aromatic heterocycles. The van der Waals surface area contributed by atoms with Crippen LogP contribution in [0.1, 0.15) is 37.8 Å². The van der Waals surface area contributed by atoms with Crippen molar-refractivity contribution >= 4 is 56.7 Å². The lowest BCUT2D eigenvalue weighted by atomic mass is 9.87. The molecule has 2 heterocycles. The van der Waals surface area contributed by atoms with Gasteiger partial charge in [0.2, 0.25) is 11.9 Å². The topological polar surface area (TPSA) is 105 Å². The number of carbonyl (C=O) groups excluding carboxylic acids is 1. The Bertz CT molecular complexity index is 1040. The number of nitrogens with zero attached hydrogens (tertiary/aromatic N) is 3. The minimum absolute atomic E-state index is 0.0630. The van der Waals surface area contributed by atoms with Gasteiger partial charge in [0, 0.05) is 27.9 Å². The number of nitrogen functional groups attached to an aromatic ring is 1. The van der Waals surface area contributed by atoms with Gasteiger partial charge in [-0.1, -0.05) is 27.5 Å². The molecule has 0 saturated carbocycles. The van der Waals surface area contributed by atoms with Crippen molar-refractivity contribution in [3.63, 3.8) is 0 Å². The summed E-state index contributed by atoms with van der Waals surface area (Å²) in [6, 6.07) is 4.71. The first kappa shape index (κ1) is 22.3. The van der Waals surface area contributed by atoms with E-state index in [0.717, 1.165) is 0 Å². The summed E-state index contributed by atoms with van der Waals surface area (Å²) in [5, 5.41) is 7.04. The predicted molar refractivity (Wildman–Crippen MR) is 113 cm³/mol. The second-order valence-corrected chi connectivity index (χ2v) is 8.44. The standard InChI is InChI=1S/C18H17BrClF3N6O/c1-17(2)12-13(24)25-16(27-14(12)26-15(17)30)29-28-11(5-6-18(21,22)23)9-7-8(20)3-4-10(9)19/h3-4,7H,5-6H2,1-2H3,(H4,24,25,26,27,29,30)/b28-11+. The van der Waals surface area contributed by atoms with Crippen molar-refractivity contribution in [1.82, 2.24) is 9.97 Å². The number of hydrogen-bond donors (Lipinski definition) is 3. The highest BCUT2D eigenvalue weighted by molar-refractivity contribution is 9.10. The van der Waals surface area contributed by atoms with Gasteiger partial charge in [0.15, 0.2) is 0 Å². The number of anilines is 3. The number of nitrogens with one attached hydrogen (secondary N) is 2. The first-order valence-corrected chi connectivity index (χ1v) is 9.90. The Morgan fingerprint density at radius 2 is 2.07 bits per heavy atom. The molecule has 160 valence electrons. The van der Waals surface area contributed by atoms with Crippen LogP contribution in [0.4, 0.5) is 30.8 Å². The Labute approximate surface area is 183 Å². The van der Waals surface area contributed by atoms with Crippen LogP contribution in [0.15, 0.2) is 27.8 Å². The van der Waals surface area contributed by atoms with Crippen LogP contribution >= 0.6 is 27.5 Å². The molecule has 30 heavy (non-hydrogen) atoms. The first-order chi connectivity index (χ1) is 13.9. The average Bonchev–Trinajstić information content (AvgIpc) is 2.85. The van der Waals surface area contributed by atoms with Gasteiger partial charge in [-0.2, -0.15) is 28.2 Å². The van der Waals surface area contributed by atoms with Crippen LogP contribution in [0.5, 0.6) is 0 Å². The molecular formula is C18H17BrClF3N6O. The van der Waals surface area contributed by atoms with E-state index in [1.165, 1.54) is 6.07 Å². The molecule has 0 spiro atoms. The molecule has 0 unspecified atom stereocenters. The monoisotopic (exact) mass is 504 g/mol. The summed E-state index contributed by atoms with van der Waals surface area (Å²) < 4.78 is 38.9.